The molecule has 0 saturated carbocycles. The molecule has 3 rings (SSSR count). The highest BCUT2D eigenvalue weighted by molar-refractivity contribution is 8.14. The van der Waals surface area contributed by atoms with Crippen LogP contribution in [0, 0.1) is 0 Å². The number of benzene rings is 1. The van der Waals surface area contributed by atoms with Gasteiger partial charge in [0.05, 0.1) is 5.52 Å². The van der Waals surface area contributed by atoms with E-state index in [2.05, 4.69) is 4.98 Å². The molecule has 5 nitrogen and oxygen atoms in total. The summed E-state index contributed by atoms with van der Waals surface area (Å²) >= 11 is 0. The molecule has 1 fully saturated rings. The van der Waals surface area contributed by atoms with Crippen molar-refractivity contribution in [3.63, 3.8) is 0 Å². The Bertz CT molecular complexity index is 801. The number of nitrogens with zero attached hydrogens (tertiary/aromatic N) is 2. The van der Waals surface area contributed by atoms with Crippen LogP contribution >= 0.6 is 10.7 Å². The van der Waals surface area contributed by atoms with Crippen LogP contribution in [0.25, 0.3) is 10.9 Å². The average Bonchev–Trinajstić information content (AvgIpc) is 2.81. The highest BCUT2D eigenvalue weighted by Gasteiger charge is 2.37. The maximum atomic E-state index is 12.0. The molecule has 2 aromatic rings. The van der Waals surface area contributed by atoms with Gasteiger partial charge in [-0.3, -0.25) is 9.78 Å². The lowest BCUT2D eigenvalue weighted by atomic mass is 10.1. The number of rotatable bonds is 3. The zero-order valence-electron chi connectivity index (χ0n) is 11.1. The summed E-state index contributed by atoms with van der Waals surface area (Å²) in [5.74, 6) is -0.190. The van der Waals surface area contributed by atoms with Crippen LogP contribution in [0.5, 0.6) is 0 Å². The van der Waals surface area contributed by atoms with Gasteiger partial charge in [0, 0.05) is 41.8 Å². The Morgan fingerprint density at radius 1 is 1.29 bits per heavy atom. The number of carbonyl (C=O) groups excluding carboxylic acids is 1. The first kappa shape index (κ1) is 14.3. The van der Waals surface area contributed by atoms with Crippen molar-refractivity contribution >= 4 is 36.5 Å². The Balaban J connectivity index is 1.88. The maximum absolute atomic E-state index is 12.0. The smallest absolute Gasteiger partial charge is 0.237 e. The van der Waals surface area contributed by atoms with Gasteiger partial charge in [-0.25, -0.2) is 8.42 Å². The molecule has 110 valence electrons. The van der Waals surface area contributed by atoms with Crippen molar-refractivity contribution in [1.29, 1.82) is 0 Å². The predicted octanol–water partition coefficient (Wildman–Crippen LogP) is 1.90. The molecule has 1 aromatic carbocycles. The quantitative estimate of drug-likeness (QED) is 0.809. The molecule has 0 spiro atoms. The summed E-state index contributed by atoms with van der Waals surface area (Å²) in [5, 5.41) is 0.143. The van der Waals surface area contributed by atoms with Crippen LogP contribution in [0.4, 0.5) is 0 Å². The summed E-state index contributed by atoms with van der Waals surface area (Å²) in [6.07, 6.45) is 1.66. The summed E-state index contributed by atoms with van der Waals surface area (Å²) in [5.41, 5.74) is 1.80. The lowest BCUT2D eigenvalue weighted by Gasteiger charge is -2.17. The van der Waals surface area contributed by atoms with Crippen molar-refractivity contribution in [1.82, 2.24) is 9.88 Å². The number of pyridine rings is 1. The molecule has 2 heterocycles. The van der Waals surface area contributed by atoms with Gasteiger partial charge in [0.15, 0.2) is 0 Å². The lowest BCUT2D eigenvalue weighted by molar-refractivity contribution is -0.128. The van der Waals surface area contributed by atoms with E-state index in [1.807, 2.05) is 30.3 Å². The van der Waals surface area contributed by atoms with Gasteiger partial charge in [0.1, 0.15) is 5.25 Å². The van der Waals surface area contributed by atoms with E-state index in [0.29, 0.717) is 6.54 Å². The molecule has 1 saturated heterocycles. The van der Waals surface area contributed by atoms with Gasteiger partial charge in [0.2, 0.25) is 15.0 Å². The highest BCUT2D eigenvalue weighted by atomic mass is 35.7. The van der Waals surface area contributed by atoms with E-state index in [1.165, 1.54) is 4.90 Å². The van der Waals surface area contributed by atoms with Crippen molar-refractivity contribution in [2.75, 3.05) is 6.54 Å². The second-order valence-corrected chi connectivity index (χ2v) is 7.97. The normalized spacial score (nSPS) is 19.4. The minimum atomic E-state index is -3.71. The van der Waals surface area contributed by atoms with E-state index in [-0.39, 0.29) is 18.9 Å². The molecule has 1 aliphatic heterocycles. The van der Waals surface area contributed by atoms with E-state index >= 15 is 0 Å². The van der Waals surface area contributed by atoms with Gasteiger partial charge < -0.3 is 4.90 Å². The highest BCUT2D eigenvalue weighted by Crippen LogP contribution is 2.25. The molecule has 1 aromatic heterocycles. The maximum Gasteiger partial charge on any atom is 0.237 e. The Morgan fingerprint density at radius 2 is 2.10 bits per heavy atom. The third kappa shape index (κ3) is 2.87. The summed E-state index contributed by atoms with van der Waals surface area (Å²) in [6.45, 7) is 0.506. The largest absolute Gasteiger partial charge is 0.337 e. The first-order valence-electron chi connectivity index (χ1n) is 6.49. The molecule has 0 radical (unpaired) electrons. The molecular weight excluding hydrogens is 312 g/mol. The van der Waals surface area contributed by atoms with E-state index < -0.39 is 14.3 Å². The zero-order valence-corrected chi connectivity index (χ0v) is 12.6. The number of halogens is 1. The Morgan fingerprint density at radius 3 is 2.81 bits per heavy atom. The SMILES string of the molecule is O=C1CC(S(=O)(=O)Cl)CN1Cc1cccc2ncccc12. The Kier molecular flexibility index (Phi) is 3.59. The monoisotopic (exact) mass is 324 g/mol. The van der Waals surface area contributed by atoms with Crippen LogP contribution < -0.4 is 0 Å². The average molecular weight is 325 g/mol. The number of fused-ring (bicyclic) bond motifs is 1. The molecule has 7 heteroatoms. The zero-order chi connectivity index (χ0) is 15.0. The van der Waals surface area contributed by atoms with Crippen LogP contribution in [-0.4, -0.2) is 36.0 Å². The van der Waals surface area contributed by atoms with Gasteiger partial charge in [-0.1, -0.05) is 18.2 Å². The third-order valence-electron chi connectivity index (χ3n) is 3.67. The first-order valence-corrected chi connectivity index (χ1v) is 8.86. The molecular formula is C14H13ClN2O3S. The van der Waals surface area contributed by atoms with E-state index in [9.17, 15) is 13.2 Å². The number of likely N-dealkylation sites (tertiary alicyclic amines) is 1. The molecule has 21 heavy (non-hydrogen) atoms. The molecule has 0 aliphatic carbocycles. The summed E-state index contributed by atoms with van der Waals surface area (Å²) in [6, 6.07) is 9.47. The van der Waals surface area contributed by atoms with Crippen LogP contribution in [0.15, 0.2) is 36.5 Å². The second kappa shape index (κ2) is 5.27. The number of aromatic nitrogens is 1. The lowest BCUT2D eigenvalue weighted by Crippen LogP contribution is -2.26. The van der Waals surface area contributed by atoms with E-state index in [1.54, 1.807) is 6.20 Å². The van der Waals surface area contributed by atoms with Crippen LogP contribution in [0.2, 0.25) is 0 Å². The van der Waals surface area contributed by atoms with Gasteiger partial charge in [-0.15, -0.1) is 0 Å². The van der Waals surface area contributed by atoms with Crippen LogP contribution in [-0.2, 0) is 20.4 Å². The minimum Gasteiger partial charge on any atom is -0.337 e. The van der Waals surface area contributed by atoms with Gasteiger partial charge in [-0.2, -0.15) is 0 Å². The number of hydrogen-bond acceptors (Lipinski definition) is 4. The summed E-state index contributed by atoms with van der Waals surface area (Å²) < 4.78 is 22.7. The van der Waals surface area contributed by atoms with Crippen molar-refractivity contribution in [3.05, 3.63) is 42.1 Å². The fourth-order valence-corrected chi connectivity index (χ4v) is 3.65. The van der Waals surface area contributed by atoms with Crippen molar-refractivity contribution in [3.8, 4) is 0 Å². The second-order valence-electron chi connectivity index (χ2n) is 5.06. The Hall–Kier alpha value is -1.66. The number of hydrogen-bond donors (Lipinski definition) is 0. The number of amides is 1. The summed E-state index contributed by atoms with van der Waals surface area (Å²) in [7, 11) is 1.65. The molecule has 1 atom stereocenters. The number of carbonyl (C=O) groups is 1. The standard InChI is InChI=1S/C14H13ClN2O3S/c15-21(19,20)11-7-14(18)17(9-11)8-10-3-1-5-13-12(10)4-2-6-16-13/h1-6,11H,7-9H2. The molecule has 1 aliphatic rings. The van der Waals surface area contributed by atoms with Crippen molar-refractivity contribution < 1.29 is 13.2 Å². The van der Waals surface area contributed by atoms with Crippen LogP contribution in [0.3, 0.4) is 0 Å². The van der Waals surface area contributed by atoms with Crippen molar-refractivity contribution in [2.24, 2.45) is 0 Å². The van der Waals surface area contributed by atoms with E-state index in [0.717, 1.165) is 16.5 Å². The molecule has 0 bridgehead atoms. The molecule has 0 N–H and O–H groups in total. The Labute approximate surface area is 127 Å². The fraction of sp³-hybridized carbons (Fsp3) is 0.286. The predicted molar refractivity (Wildman–Crippen MR) is 80.3 cm³/mol. The molecule has 1 unspecified atom stereocenters. The van der Waals surface area contributed by atoms with E-state index in [4.69, 9.17) is 10.7 Å². The molecule has 1 amide bonds. The van der Waals surface area contributed by atoms with Gasteiger partial charge in [0.25, 0.3) is 0 Å². The summed E-state index contributed by atoms with van der Waals surface area (Å²) in [4.78, 5) is 17.8. The fourth-order valence-electron chi connectivity index (χ4n) is 2.59. The first-order chi connectivity index (χ1) is 9.95. The van der Waals surface area contributed by atoms with Crippen LogP contribution in [0.1, 0.15) is 12.0 Å². The van der Waals surface area contributed by atoms with Gasteiger partial charge >= 0.3 is 0 Å². The van der Waals surface area contributed by atoms with Gasteiger partial charge in [-0.05, 0) is 17.7 Å². The topological polar surface area (TPSA) is 67.3 Å². The van der Waals surface area contributed by atoms with Crippen molar-refractivity contribution in [2.45, 2.75) is 18.2 Å². The minimum absolute atomic E-state index is 0.0468. The third-order valence-corrected chi connectivity index (χ3v) is 5.54.